The summed E-state index contributed by atoms with van der Waals surface area (Å²) in [5.41, 5.74) is -0.00238. The number of ether oxygens (including phenoxy) is 1. The van der Waals surface area contributed by atoms with Crippen LogP contribution in [0.3, 0.4) is 0 Å². The van der Waals surface area contributed by atoms with Gasteiger partial charge in [0.25, 0.3) is 0 Å². The van der Waals surface area contributed by atoms with E-state index in [9.17, 15) is 13.2 Å². The molecule has 0 bridgehead atoms. The van der Waals surface area contributed by atoms with Crippen molar-refractivity contribution in [3.8, 4) is 5.75 Å². The molecule has 1 unspecified atom stereocenters. The van der Waals surface area contributed by atoms with E-state index in [4.69, 9.17) is 21.4 Å². The molecule has 0 aromatic heterocycles. The number of aliphatic hydroxyl groups excluding tert-OH is 1. The lowest BCUT2D eigenvalue weighted by molar-refractivity contribution is -0.206. The third kappa shape index (κ3) is 2.41. The lowest BCUT2D eigenvalue weighted by Crippen LogP contribution is -2.20. The third-order valence-corrected chi connectivity index (χ3v) is 2.69. The Kier molecular flexibility index (Phi) is 3.70. The van der Waals surface area contributed by atoms with Crippen LogP contribution in [0.25, 0.3) is 0 Å². The van der Waals surface area contributed by atoms with Gasteiger partial charge in [-0.2, -0.15) is 13.2 Å². The molecule has 1 aromatic rings. The summed E-state index contributed by atoms with van der Waals surface area (Å²) in [6, 6.07) is 2.44. The van der Waals surface area contributed by atoms with Gasteiger partial charge in [-0.15, -0.1) is 0 Å². The summed E-state index contributed by atoms with van der Waals surface area (Å²) < 4.78 is 41.8. The molecule has 0 saturated heterocycles. The van der Waals surface area contributed by atoms with Gasteiger partial charge in [0.2, 0.25) is 0 Å². The van der Waals surface area contributed by atoms with Crippen molar-refractivity contribution in [3.63, 3.8) is 0 Å². The van der Waals surface area contributed by atoms with Crippen LogP contribution in [-0.4, -0.2) is 18.4 Å². The third-order valence-electron chi connectivity index (χ3n) is 2.19. The fourth-order valence-electron chi connectivity index (χ4n) is 1.30. The number of hydrogen-bond acceptors (Lipinski definition) is 2. The van der Waals surface area contributed by atoms with Crippen LogP contribution in [0.5, 0.6) is 5.75 Å². The lowest BCUT2D eigenvalue weighted by Gasteiger charge is -2.18. The number of aliphatic hydroxyl groups is 1. The van der Waals surface area contributed by atoms with E-state index in [0.717, 1.165) is 6.07 Å². The van der Waals surface area contributed by atoms with Crippen LogP contribution in [0.1, 0.15) is 17.2 Å². The Morgan fingerprint density at radius 2 is 1.94 bits per heavy atom. The highest BCUT2D eigenvalue weighted by atomic mass is 35.5. The van der Waals surface area contributed by atoms with E-state index in [1.54, 1.807) is 0 Å². The molecule has 90 valence electrons. The predicted octanol–water partition coefficient (Wildman–Crippen LogP) is 3.25. The molecule has 6 heteroatoms. The summed E-state index contributed by atoms with van der Waals surface area (Å²) >= 11 is 5.74. The molecule has 1 rings (SSSR count). The van der Waals surface area contributed by atoms with Crippen LogP contribution < -0.4 is 4.74 Å². The van der Waals surface area contributed by atoms with Crippen LogP contribution in [0.15, 0.2) is 12.1 Å². The smallest absolute Gasteiger partial charge is 0.418 e. The van der Waals surface area contributed by atoms with Gasteiger partial charge in [-0.1, -0.05) is 17.7 Å². The van der Waals surface area contributed by atoms with Crippen molar-refractivity contribution >= 4 is 11.6 Å². The summed E-state index contributed by atoms with van der Waals surface area (Å²) in [4.78, 5) is 0. The van der Waals surface area contributed by atoms with Gasteiger partial charge >= 0.3 is 6.18 Å². The molecule has 0 spiro atoms. The Labute approximate surface area is 95.6 Å². The van der Waals surface area contributed by atoms with Crippen molar-refractivity contribution in [2.24, 2.45) is 0 Å². The summed E-state index contributed by atoms with van der Waals surface area (Å²) in [6.07, 6.45) is -7.31. The van der Waals surface area contributed by atoms with Crippen LogP contribution in [0.4, 0.5) is 13.2 Å². The Balaban J connectivity index is 3.22. The minimum absolute atomic E-state index is 0.135. The van der Waals surface area contributed by atoms with Gasteiger partial charge in [0.05, 0.1) is 12.1 Å². The van der Waals surface area contributed by atoms with E-state index in [1.807, 2.05) is 0 Å². The normalized spacial score (nSPS) is 13.7. The first-order valence-corrected chi connectivity index (χ1v) is 4.74. The Hall–Kier alpha value is -0.940. The van der Waals surface area contributed by atoms with Crippen molar-refractivity contribution in [1.29, 1.82) is 0 Å². The minimum atomic E-state index is -4.73. The molecular weight excluding hydrogens is 245 g/mol. The first-order valence-electron chi connectivity index (χ1n) is 4.36. The number of hydrogen-bond donors (Lipinski definition) is 1. The van der Waals surface area contributed by atoms with Gasteiger partial charge in [0.15, 0.2) is 6.10 Å². The van der Waals surface area contributed by atoms with Crippen molar-refractivity contribution in [2.45, 2.75) is 19.2 Å². The topological polar surface area (TPSA) is 29.5 Å². The van der Waals surface area contributed by atoms with Gasteiger partial charge < -0.3 is 9.84 Å². The Bertz CT molecular complexity index is 390. The monoisotopic (exact) mass is 254 g/mol. The van der Waals surface area contributed by atoms with Gasteiger partial charge in [0.1, 0.15) is 5.75 Å². The molecule has 0 heterocycles. The summed E-state index contributed by atoms with van der Waals surface area (Å²) in [5, 5.41) is 8.94. The second-order valence-corrected chi connectivity index (χ2v) is 3.62. The van der Waals surface area contributed by atoms with Crippen LogP contribution in [0, 0.1) is 6.92 Å². The quantitative estimate of drug-likeness (QED) is 0.878. The number of alkyl halides is 3. The molecule has 2 nitrogen and oxygen atoms in total. The van der Waals surface area contributed by atoms with Crippen molar-refractivity contribution in [2.75, 3.05) is 7.11 Å². The van der Waals surface area contributed by atoms with Gasteiger partial charge in [-0.25, -0.2) is 0 Å². The highest BCUT2D eigenvalue weighted by Gasteiger charge is 2.40. The molecule has 0 aliphatic heterocycles. The van der Waals surface area contributed by atoms with E-state index in [0.29, 0.717) is 11.3 Å². The molecule has 0 fully saturated rings. The maximum Gasteiger partial charge on any atom is 0.418 e. The number of rotatable bonds is 2. The van der Waals surface area contributed by atoms with E-state index in [-0.39, 0.29) is 10.6 Å². The molecule has 1 N–H and O–H groups in total. The largest absolute Gasteiger partial charge is 0.496 e. The lowest BCUT2D eigenvalue weighted by atomic mass is 10.1. The van der Waals surface area contributed by atoms with Crippen LogP contribution in [-0.2, 0) is 0 Å². The number of benzene rings is 1. The van der Waals surface area contributed by atoms with Crippen LogP contribution >= 0.6 is 11.6 Å². The molecular formula is C10H10ClF3O2. The van der Waals surface area contributed by atoms with Crippen molar-refractivity contribution in [3.05, 3.63) is 28.3 Å². The Morgan fingerprint density at radius 3 is 2.38 bits per heavy atom. The zero-order valence-corrected chi connectivity index (χ0v) is 9.36. The SMILES string of the molecule is COc1ccc(C(O)C(F)(F)F)c(Cl)c1C. The second kappa shape index (κ2) is 4.51. The molecule has 0 amide bonds. The Morgan fingerprint density at radius 1 is 1.38 bits per heavy atom. The fourth-order valence-corrected chi connectivity index (χ4v) is 1.56. The summed E-state index contributed by atoms with van der Waals surface area (Å²) in [6.45, 7) is 1.52. The first-order chi connectivity index (χ1) is 7.29. The maximum atomic E-state index is 12.3. The molecule has 1 atom stereocenters. The molecule has 0 aliphatic rings. The van der Waals surface area contributed by atoms with E-state index in [2.05, 4.69) is 0 Å². The van der Waals surface area contributed by atoms with E-state index < -0.39 is 12.3 Å². The second-order valence-electron chi connectivity index (χ2n) is 3.24. The molecule has 0 saturated carbocycles. The molecule has 0 aliphatic carbocycles. The predicted molar refractivity (Wildman–Crippen MR) is 53.8 cm³/mol. The fraction of sp³-hybridized carbons (Fsp3) is 0.400. The zero-order valence-electron chi connectivity index (χ0n) is 8.60. The maximum absolute atomic E-state index is 12.3. The van der Waals surface area contributed by atoms with E-state index in [1.165, 1.54) is 20.1 Å². The average molecular weight is 255 g/mol. The standard InChI is InChI=1S/C10H10ClF3O2/c1-5-7(16-2)4-3-6(8(5)11)9(15)10(12,13)14/h3-4,9,15H,1-2H3. The van der Waals surface area contributed by atoms with Gasteiger partial charge in [-0.3, -0.25) is 0 Å². The molecule has 1 aromatic carbocycles. The van der Waals surface area contributed by atoms with Crippen LogP contribution in [0.2, 0.25) is 5.02 Å². The summed E-state index contributed by atoms with van der Waals surface area (Å²) in [7, 11) is 1.39. The van der Waals surface area contributed by atoms with E-state index >= 15 is 0 Å². The van der Waals surface area contributed by atoms with Crippen molar-refractivity contribution in [1.82, 2.24) is 0 Å². The highest BCUT2D eigenvalue weighted by molar-refractivity contribution is 6.32. The minimum Gasteiger partial charge on any atom is -0.496 e. The molecule has 0 radical (unpaired) electrons. The molecule has 16 heavy (non-hydrogen) atoms. The van der Waals surface area contributed by atoms with Gasteiger partial charge in [0, 0.05) is 11.1 Å². The summed E-state index contributed by atoms with van der Waals surface area (Å²) in [5.74, 6) is 0.378. The zero-order chi connectivity index (χ0) is 12.5. The van der Waals surface area contributed by atoms with Gasteiger partial charge in [-0.05, 0) is 13.0 Å². The number of halogens is 4. The first kappa shape index (κ1) is 13.1. The van der Waals surface area contributed by atoms with Crippen molar-refractivity contribution < 1.29 is 23.0 Å². The number of methoxy groups -OCH3 is 1. The average Bonchev–Trinajstić information content (AvgIpc) is 2.20. The highest BCUT2D eigenvalue weighted by Crippen LogP contribution is 2.39.